The molecule has 1 atom stereocenters. The third-order valence-corrected chi connectivity index (χ3v) is 3.41. The van der Waals surface area contributed by atoms with Gasteiger partial charge in [-0.25, -0.2) is 0 Å². The molecule has 0 bridgehead atoms. The summed E-state index contributed by atoms with van der Waals surface area (Å²) in [5, 5.41) is 0.660. The predicted molar refractivity (Wildman–Crippen MR) is 76.3 cm³/mol. The second-order valence-corrected chi connectivity index (χ2v) is 4.56. The highest BCUT2D eigenvalue weighted by atomic mass is 16.1. The van der Waals surface area contributed by atoms with Gasteiger partial charge in [-0.2, -0.15) is 4.98 Å². The Morgan fingerprint density at radius 1 is 1.00 bits per heavy atom. The minimum Gasteiger partial charge on any atom is -0.324 e. The van der Waals surface area contributed by atoms with Crippen LogP contribution in [0.5, 0.6) is 0 Å². The molecule has 0 spiro atoms. The number of rotatable bonds is 2. The monoisotopic (exact) mass is 250 g/mol. The summed E-state index contributed by atoms with van der Waals surface area (Å²) in [7, 11) is 0. The zero-order valence-electron chi connectivity index (χ0n) is 10.7. The van der Waals surface area contributed by atoms with Crippen LogP contribution in [-0.2, 0) is 0 Å². The van der Waals surface area contributed by atoms with Gasteiger partial charge in [-0.3, -0.25) is 4.79 Å². The molecule has 0 saturated carbocycles. The van der Waals surface area contributed by atoms with Crippen LogP contribution in [0.4, 0.5) is 0 Å². The lowest BCUT2D eigenvalue weighted by molar-refractivity contribution is 0.645. The number of aromatic nitrogens is 2. The normalized spacial score (nSPS) is 12.5. The molecule has 1 heterocycles. The molecule has 3 rings (SSSR count). The molecule has 1 unspecified atom stereocenters. The Hall–Kier alpha value is -2.42. The Morgan fingerprint density at radius 2 is 1.68 bits per heavy atom. The second kappa shape index (κ2) is 4.69. The van der Waals surface area contributed by atoms with Crippen LogP contribution in [0.15, 0.2) is 65.7 Å². The van der Waals surface area contributed by atoms with Crippen molar-refractivity contribution in [2.24, 2.45) is 0 Å². The van der Waals surface area contributed by atoms with E-state index in [-0.39, 0.29) is 11.6 Å². The lowest BCUT2D eigenvalue weighted by atomic mass is 10.1. The van der Waals surface area contributed by atoms with Gasteiger partial charge >= 0.3 is 0 Å². The molecule has 0 radical (unpaired) electrons. The van der Waals surface area contributed by atoms with Gasteiger partial charge in [-0.15, -0.1) is 0 Å². The Morgan fingerprint density at radius 3 is 2.47 bits per heavy atom. The third-order valence-electron chi connectivity index (χ3n) is 3.41. The Kier molecular flexibility index (Phi) is 2.88. The first-order valence-corrected chi connectivity index (χ1v) is 6.28. The highest BCUT2D eigenvalue weighted by Gasteiger charge is 2.10. The van der Waals surface area contributed by atoms with E-state index in [1.807, 2.05) is 47.0 Å². The Labute approximate surface area is 111 Å². The zero-order valence-corrected chi connectivity index (χ0v) is 10.7. The van der Waals surface area contributed by atoms with Crippen molar-refractivity contribution in [1.82, 2.24) is 9.55 Å². The summed E-state index contributed by atoms with van der Waals surface area (Å²) in [6.07, 6.45) is 1.63. The minimum absolute atomic E-state index is 0.138. The summed E-state index contributed by atoms with van der Waals surface area (Å²) in [6, 6.07) is 17.9. The van der Waals surface area contributed by atoms with E-state index in [9.17, 15) is 4.79 Å². The fraction of sp³-hybridized carbons (Fsp3) is 0.125. The first-order valence-electron chi connectivity index (χ1n) is 6.28. The van der Waals surface area contributed by atoms with Crippen LogP contribution in [0, 0.1) is 0 Å². The lowest BCUT2D eigenvalue weighted by Crippen LogP contribution is -2.15. The molecule has 0 fully saturated rings. The lowest BCUT2D eigenvalue weighted by Gasteiger charge is -2.18. The van der Waals surface area contributed by atoms with Crippen molar-refractivity contribution in [3.8, 4) is 0 Å². The van der Waals surface area contributed by atoms with Gasteiger partial charge < -0.3 is 4.57 Å². The highest BCUT2D eigenvalue weighted by molar-refractivity contribution is 5.77. The second-order valence-electron chi connectivity index (χ2n) is 4.56. The van der Waals surface area contributed by atoms with Gasteiger partial charge in [0.2, 0.25) is 0 Å². The van der Waals surface area contributed by atoms with Crippen molar-refractivity contribution in [3.05, 3.63) is 76.8 Å². The zero-order chi connectivity index (χ0) is 13.2. The SMILES string of the molecule is CC(c1ccccc1)n1cnc(=O)c2ccccc21. The van der Waals surface area contributed by atoms with Gasteiger partial charge in [0.25, 0.3) is 5.56 Å². The number of nitrogens with zero attached hydrogens (tertiary/aromatic N) is 2. The predicted octanol–water partition coefficient (Wildman–Crippen LogP) is 3.01. The van der Waals surface area contributed by atoms with Gasteiger partial charge in [-0.05, 0) is 24.6 Å². The van der Waals surface area contributed by atoms with Crippen LogP contribution >= 0.6 is 0 Å². The van der Waals surface area contributed by atoms with Gasteiger partial charge in [-0.1, -0.05) is 42.5 Å². The number of fused-ring (bicyclic) bond motifs is 1. The largest absolute Gasteiger partial charge is 0.324 e. The molecule has 3 aromatic rings. The summed E-state index contributed by atoms with van der Waals surface area (Å²) in [5.74, 6) is 0. The maximum atomic E-state index is 11.8. The van der Waals surface area contributed by atoms with E-state index in [0.717, 1.165) is 5.52 Å². The van der Waals surface area contributed by atoms with Crippen LogP contribution < -0.4 is 5.56 Å². The van der Waals surface area contributed by atoms with Crippen molar-refractivity contribution in [2.45, 2.75) is 13.0 Å². The Bertz CT molecular complexity index is 762. The van der Waals surface area contributed by atoms with E-state index in [1.54, 1.807) is 6.33 Å². The fourth-order valence-electron chi connectivity index (χ4n) is 2.33. The minimum atomic E-state index is -0.174. The van der Waals surface area contributed by atoms with Crippen LogP contribution in [0.3, 0.4) is 0 Å². The Balaban J connectivity index is 2.21. The number of benzene rings is 2. The molecule has 3 nitrogen and oxygen atoms in total. The van der Waals surface area contributed by atoms with Gasteiger partial charge in [0.05, 0.1) is 23.3 Å². The fourth-order valence-corrected chi connectivity index (χ4v) is 2.33. The number of para-hydroxylation sites is 1. The van der Waals surface area contributed by atoms with Gasteiger partial charge in [0.15, 0.2) is 0 Å². The van der Waals surface area contributed by atoms with Gasteiger partial charge in [0, 0.05) is 0 Å². The number of hydrogen-bond donors (Lipinski definition) is 0. The smallest absolute Gasteiger partial charge is 0.280 e. The van der Waals surface area contributed by atoms with Crippen molar-refractivity contribution >= 4 is 10.9 Å². The van der Waals surface area contributed by atoms with Crippen molar-refractivity contribution in [1.29, 1.82) is 0 Å². The van der Waals surface area contributed by atoms with Crippen LogP contribution in [0.25, 0.3) is 10.9 Å². The molecule has 2 aromatic carbocycles. The first-order chi connectivity index (χ1) is 9.27. The summed E-state index contributed by atoms with van der Waals surface area (Å²) in [4.78, 5) is 15.7. The van der Waals surface area contributed by atoms with E-state index >= 15 is 0 Å². The summed E-state index contributed by atoms with van der Waals surface area (Å²) in [5.41, 5.74) is 1.93. The number of hydrogen-bond acceptors (Lipinski definition) is 2. The summed E-state index contributed by atoms with van der Waals surface area (Å²) >= 11 is 0. The molecule has 0 aliphatic carbocycles. The van der Waals surface area contributed by atoms with Gasteiger partial charge in [0.1, 0.15) is 0 Å². The van der Waals surface area contributed by atoms with E-state index < -0.39 is 0 Å². The van der Waals surface area contributed by atoms with Crippen LogP contribution in [-0.4, -0.2) is 9.55 Å². The molecular formula is C16H14N2O. The summed E-state index contributed by atoms with van der Waals surface area (Å²) in [6.45, 7) is 2.11. The average Bonchev–Trinajstić information content (AvgIpc) is 2.48. The van der Waals surface area contributed by atoms with Crippen molar-refractivity contribution in [2.75, 3.05) is 0 Å². The van der Waals surface area contributed by atoms with Crippen LogP contribution in [0.2, 0.25) is 0 Å². The van der Waals surface area contributed by atoms with Crippen LogP contribution in [0.1, 0.15) is 18.5 Å². The quantitative estimate of drug-likeness (QED) is 0.700. The van der Waals surface area contributed by atoms with E-state index in [0.29, 0.717) is 5.39 Å². The molecule has 0 N–H and O–H groups in total. The average molecular weight is 250 g/mol. The van der Waals surface area contributed by atoms with E-state index in [1.165, 1.54) is 5.56 Å². The molecule has 0 amide bonds. The van der Waals surface area contributed by atoms with Crippen molar-refractivity contribution < 1.29 is 0 Å². The first kappa shape index (κ1) is 11.7. The molecule has 19 heavy (non-hydrogen) atoms. The third kappa shape index (κ3) is 2.03. The molecule has 1 aromatic heterocycles. The molecule has 0 aliphatic heterocycles. The molecule has 0 saturated heterocycles. The standard InChI is InChI=1S/C16H14N2O/c1-12(13-7-3-2-4-8-13)18-11-17-16(19)14-9-5-6-10-15(14)18/h2-12H,1H3. The maximum Gasteiger partial charge on any atom is 0.280 e. The molecule has 94 valence electrons. The molecule has 3 heteroatoms. The maximum absolute atomic E-state index is 11.8. The topological polar surface area (TPSA) is 34.9 Å². The highest BCUT2D eigenvalue weighted by Crippen LogP contribution is 2.20. The molecular weight excluding hydrogens is 236 g/mol. The molecule has 0 aliphatic rings. The van der Waals surface area contributed by atoms with Crippen molar-refractivity contribution in [3.63, 3.8) is 0 Å². The van der Waals surface area contributed by atoms with E-state index in [4.69, 9.17) is 0 Å². The van der Waals surface area contributed by atoms with E-state index in [2.05, 4.69) is 24.0 Å². The summed E-state index contributed by atoms with van der Waals surface area (Å²) < 4.78 is 2.03.